The fraction of sp³-hybridized carbons (Fsp3) is 0.429. The Bertz CT molecular complexity index is 529. The van der Waals surface area contributed by atoms with E-state index in [1.807, 2.05) is 24.3 Å². The van der Waals surface area contributed by atoms with Crippen LogP contribution in [0.2, 0.25) is 0 Å². The number of aliphatic hydroxyl groups is 1. The number of nitrogens with one attached hydrogen (secondary N) is 1. The second-order valence-electron chi connectivity index (χ2n) is 5.10. The van der Waals surface area contributed by atoms with Crippen LogP contribution >= 0.6 is 0 Å². The molecule has 2 N–H and O–H groups in total. The largest absolute Gasteiger partial charge is 0.387 e. The van der Waals surface area contributed by atoms with Crippen molar-refractivity contribution in [1.82, 2.24) is 4.90 Å². The summed E-state index contributed by atoms with van der Waals surface area (Å²) in [5.74, 6) is -0.273. The highest BCUT2D eigenvalue weighted by atomic mass is 16.3. The lowest BCUT2D eigenvalue weighted by Crippen LogP contribution is -2.32. The van der Waals surface area contributed by atoms with Gasteiger partial charge in [-0.05, 0) is 24.0 Å². The third kappa shape index (κ3) is 2.00. The normalized spacial score (nSPS) is 25.3. The molecule has 2 aliphatic heterocycles. The SMILES string of the molecule is O=C1Nc2ccccc2[C@H]1[C@@H]1CCN(C(=O)CO)C1. The third-order valence-corrected chi connectivity index (χ3v) is 4.02. The summed E-state index contributed by atoms with van der Waals surface area (Å²) in [6.07, 6.45) is 0.804. The van der Waals surface area contributed by atoms with Crippen molar-refractivity contribution in [2.45, 2.75) is 12.3 Å². The van der Waals surface area contributed by atoms with Crippen LogP contribution in [0.1, 0.15) is 17.9 Å². The summed E-state index contributed by atoms with van der Waals surface area (Å²) >= 11 is 0. The Kier molecular flexibility index (Phi) is 2.98. The van der Waals surface area contributed by atoms with Gasteiger partial charge in [-0.15, -0.1) is 0 Å². The lowest BCUT2D eigenvalue weighted by Gasteiger charge is -2.18. The number of hydrogen-bond acceptors (Lipinski definition) is 3. The number of para-hydroxylation sites is 1. The third-order valence-electron chi connectivity index (χ3n) is 4.02. The maximum atomic E-state index is 12.1. The quantitative estimate of drug-likeness (QED) is 0.816. The van der Waals surface area contributed by atoms with E-state index in [1.54, 1.807) is 4.90 Å². The minimum atomic E-state index is -0.458. The van der Waals surface area contributed by atoms with Crippen LogP contribution in [0, 0.1) is 5.92 Å². The van der Waals surface area contributed by atoms with Gasteiger partial charge in [0.25, 0.3) is 0 Å². The van der Waals surface area contributed by atoms with Crippen molar-refractivity contribution in [3.8, 4) is 0 Å². The Morgan fingerprint density at radius 1 is 1.42 bits per heavy atom. The van der Waals surface area contributed by atoms with Crippen LogP contribution in [0.15, 0.2) is 24.3 Å². The molecule has 1 aromatic carbocycles. The molecule has 0 aromatic heterocycles. The molecule has 2 heterocycles. The molecule has 1 saturated heterocycles. The molecule has 19 heavy (non-hydrogen) atoms. The highest BCUT2D eigenvalue weighted by Crippen LogP contribution is 2.40. The molecule has 1 aromatic rings. The molecule has 0 unspecified atom stereocenters. The molecule has 1 fully saturated rings. The minimum absolute atomic E-state index is 0.0181. The maximum Gasteiger partial charge on any atom is 0.248 e. The van der Waals surface area contributed by atoms with E-state index < -0.39 is 6.61 Å². The van der Waals surface area contributed by atoms with Gasteiger partial charge < -0.3 is 15.3 Å². The molecular formula is C14H16N2O3. The Hall–Kier alpha value is -1.88. The fourth-order valence-electron chi connectivity index (χ4n) is 3.09. The summed E-state index contributed by atoms with van der Waals surface area (Å²) in [4.78, 5) is 25.2. The molecule has 0 bridgehead atoms. The van der Waals surface area contributed by atoms with E-state index in [2.05, 4.69) is 5.32 Å². The van der Waals surface area contributed by atoms with Gasteiger partial charge in [0.1, 0.15) is 6.61 Å². The first kappa shape index (κ1) is 12.2. The first-order valence-electron chi connectivity index (χ1n) is 6.49. The Morgan fingerprint density at radius 2 is 2.21 bits per heavy atom. The maximum absolute atomic E-state index is 12.1. The van der Waals surface area contributed by atoms with Crippen LogP contribution in [0.3, 0.4) is 0 Å². The van der Waals surface area contributed by atoms with Gasteiger partial charge in [-0.1, -0.05) is 18.2 Å². The zero-order chi connectivity index (χ0) is 13.4. The average molecular weight is 260 g/mol. The zero-order valence-corrected chi connectivity index (χ0v) is 10.5. The summed E-state index contributed by atoms with van der Waals surface area (Å²) in [5.41, 5.74) is 1.90. The number of carbonyl (C=O) groups excluding carboxylic acids is 2. The Balaban J connectivity index is 1.81. The molecule has 2 atom stereocenters. The second kappa shape index (κ2) is 4.66. The van der Waals surface area contributed by atoms with Gasteiger partial charge in [0.2, 0.25) is 11.8 Å². The van der Waals surface area contributed by atoms with Gasteiger partial charge in [-0.25, -0.2) is 0 Å². The molecular weight excluding hydrogens is 244 g/mol. The van der Waals surface area contributed by atoms with Crippen molar-refractivity contribution in [2.75, 3.05) is 25.0 Å². The predicted octanol–water partition coefficient (Wildman–Crippen LogP) is 0.563. The number of nitrogens with zero attached hydrogens (tertiary/aromatic N) is 1. The molecule has 0 spiro atoms. The molecule has 0 saturated carbocycles. The monoisotopic (exact) mass is 260 g/mol. The van der Waals surface area contributed by atoms with Crippen molar-refractivity contribution in [3.63, 3.8) is 0 Å². The first-order valence-corrected chi connectivity index (χ1v) is 6.49. The van der Waals surface area contributed by atoms with Crippen LogP contribution in [0.5, 0.6) is 0 Å². The summed E-state index contributed by atoms with van der Waals surface area (Å²) < 4.78 is 0. The number of aliphatic hydroxyl groups excluding tert-OH is 1. The Morgan fingerprint density at radius 3 is 3.00 bits per heavy atom. The summed E-state index contributed by atoms with van der Waals surface area (Å²) in [5, 5.41) is 11.8. The topological polar surface area (TPSA) is 69.6 Å². The molecule has 2 amide bonds. The summed E-state index contributed by atoms with van der Waals surface area (Å²) in [6.45, 7) is 0.710. The lowest BCUT2D eigenvalue weighted by atomic mass is 9.86. The average Bonchev–Trinajstić information content (AvgIpc) is 3.00. The van der Waals surface area contributed by atoms with E-state index in [4.69, 9.17) is 5.11 Å². The number of fused-ring (bicyclic) bond motifs is 1. The van der Waals surface area contributed by atoms with E-state index in [1.165, 1.54) is 0 Å². The number of rotatable bonds is 2. The highest BCUT2D eigenvalue weighted by molar-refractivity contribution is 6.03. The number of carbonyl (C=O) groups is 2. The molecule has 5 heteroatoms. The molecule has 0 radical (unpaired) electrons. The van der Waals surface area contributed by atoms with Crippen molar-refractivity contribution < 1.29 is 14.7 Å². The van der Waals surface area contributed by atoms with E-state index in [9.17, 15) is 9.59 Å². The van der Waals surface area contributed by atoms with Gasteiger partial charge >= 0.3 is 0 Å². The number of amides is 2. The van der Waals surface area contributed by atoms with E-state index in [0.29, 0.717) is 13.1 Å². The number of hydrogen-bond donors (Lipinski definition) is 2. The van der Waals surface area contributed by atoms with E-state index in [0.717, 1.165) is 17.7 Å². The first-order chi connectivity index (χ1) is 9.20. The van der Waals surface area contributed by atoms with Crippen LogP contribution in [0.4, 0.5) is 5.69 Å². The standard InChI is InChI=1S/C14H16N2O3/c17-8-12(18)16-6-5-9(7-16)13-10-3-1-2-4-11(10)15-14(13)19/h1-4,9,13,17H,5-8H2,(H,15,19)/t9-,13-/m1/s1. The van der Waals surface area contributed by atoms with Crippen LogP contribution in [0.25, 0.3) is 0 Å². The fourth-order valence-corrected chi connectivity index (χ4v) is 3.09. The van der Waals surface area contributed by atoms with Gasteiger partial charge in [0.05, 0.1) is 5.92 Å². The molecule has 5 nitrogen and oxygen atoms in total. The molecule has 0 aliphatic carbocycles. The van der Waals surface area contributed by atoms with Gasteiger partial charge in [0, 0.05) is 18.8 Å². The van der Waals surface area contributed by atoms with Crippen LogP contribution in [-0.2, 0) is 9.59 Å². The van der Waals surface area contributed by atoms with Crippen molar-refractivity contribution >= 4 is 17.5 Å². The zero-order valence-electron chi connectivity index (χ0n) is 10.5. The second-order valence-corrected chi connectivity index (χ2v) is 5.10. The molecule has 2 aliphatic rings. The van der Waals surface area contributed by atoms with Crippen LogP contribution < -0.4 is 5.32 Å². The van der Waals surface area contributed by atoms with Crippen molar-refractivity contribution in [3.05, 3.63) is 29.8 Å². The van der Waals surface area contributed by atoms with Gasteiger partial charge in [-0.3, -0.25) is 9.59 Å². The minimum Gasteiger partial charge on any atom is -0.387 e. The van der Waals surface area contributed by atoms with Gasteiger partial charge in [0.15, 0.2) is 0 Å². The summed E-state index contributed by atoms with van der Waals surface area (Å²) in [7, 11) is 0. The smallest absolute Gasteiger partial charge is 0.248 e. The summed E-state index contributed by atoms with van der Waals surface area (Å²) in [6, 6.07) is 7.70. The van der Waals surface area contributed by atoms with Crippen LogP contribution in [-0.4, -0.2) is 41.5 Å². The Labute approximate surface area is 111 Å². The van der Waals surface area contributed by atoms with E-state index in [-0.39, 0.29) is 23.7 Å². The van der Waals surface area contributed by atoms with Crippen molar-refractivity contribution in [2.24, 2.45) is 5.92 Å². The number of benzene rings is 1. The number of likely N-dealkylation sites (tertiary alicyclic amines) is 1. The van der Waals surface area contributed by atoms with Gasteiger partial charge in [-0.2, -0.15) is 0 Å². The number of anilines is 1. The van der Waals surface area contributed by atoms with E-state index >= 15 is 0 Å². The molecule has 3 rings (SSSR count). The highest BCUT2D eigenvalue weighted by Gasteiger charge is 2.40. The molecule has 100 valence electrons. The van der Waals surface area contributed by atoms with Crippen molar-refractivity contribution in [1.29, 1.82) is 0 Å². The predicted molar refractivity (Wildman–Crippen MR) is 69.6 cm³/mol. The lowest BCUT2D eigenvalue weighted by molar-refractivity contribution is -0.133.